The van der Waals surface area contributed by atoms with E-state index in [2.05, 4.69) is 26.8 Å². The number of hydrogen-bond acceptors (Lipinski definition) is 6. The number of morpholine rings is 1. The number of amides is 1. The van der Waals surface area contributed by atoms with E-state index in [9.17, 15) is 4.79 Å². The minimum absolute atomic E-state index is 0.233. The first-order chi connectivity index (χ1) is 13.7. The number of nitrogens with zero attached hydrogens (tertiary/aromatic N) is 4. The number of carbonyl (C=O) groups is 1. The van der Waals surface area contributed by atoms with Crippen molar-refractivity contribution in [2.24, 2.45) is 0 Å². The predicted molar refractivity (Wildman–Crippen MR) is 109 cm³/mol. The van der Waals surface area contributed by atoms with E-state index in [1.54, 1.807) is 10.6 Å². The molecule has 28 heavy (non-hydrogen) atoms. The van der Waals surface area contributed by atoms with Crippen LogP contribution in [-0.4, -0.2) is 64.7 Å². The fourth-order valence-electron chi connectivity index (χ4n) is 3.50. The van der Waals surface area contributed by atoms with Gasteiger partial charge in [-0.15, -0.1) is 6.58 Å². The largest absolute Gasteiger partial charge is 0.384 e. The van der Waals surface area contributed by atoms with E-state index in [4.69, 9.17) is 10.5 Å². The highest BCUT2D eigenvalue weighted by molar-refractivity contribution is 6.10. The predicted octanol–water partition coefficient (Wildman–Crippen LogP) is 1.41. The van der Waals surface area contributed by atoms with Crippen LogP contribution in [0.25, 0.3) is 22.2 Å². The minimum Gasteiger partial charge on any atom is -0.384 e. The maximum atomic E-state index is 12.9. The highest BCUT2D eigenvalue weighted by atomic mass is 16.5. The van der Waals surface area contributed by atoms with Gasteiger partial charge in [0.15, 0.2) is 5.65 Å². The molecule has 3 heterocycles. The molecule has 0 atom stereocenters. The lowest BCUT2D eigenvalue weighted by atomic mass is 10.2. The molecule has 0 saturated carbocycles. The van der Waals surface area contributed by atoms with Crippen LogP contribution in [0.4, 0.5) is 5.82 Å². The summed E-state index contributed by atoms with van der Waals surface area (Å²) in [6.07, 6.45) is 1.73. The molecule has 0 bridgehead atoms. The number of rotatable bonds is 6. The lowest BCUT2D eigenvalue weighted by Crippen LogP contribution is -2.41. The normalized spacial score (nSPS) is 15.1. The van der Waals surface area contributed by atoms with Crippen molar-refractivity contribution in [3.8, 4) is 0 Å². The Balaban J connectivity index is 1.64. The third-order valence-electron chi connectivity index (χ3n) is 4.95. The Morgan fingerprint density at radius 2 is 1.96 bits per heavy atom. The fourth-order valence-corrected chi connectivity index (χ4v) is 3.50. The number of aromatic nitrogens is 3. The topological polar surface area (TPSA) is 98.3 Å². The van der Waals surface area contributed by atoms with Crippen molar-refractivity contribution in [2.45, 2.75) is 6.54 Å². The molecule has 146 valence electrons. The highest BCUT2D eigenvalue weighted by Gasteiger charge is 2.23. The molecule has 2 aromatic heterocycles. The molecule has 1 amide bonds. The van der Waals surface area contributed by atoms with E-state index in [1.165, 1.54) is 0 Å². The molecule has 0 aliphatic carbocycles. The summed E-state index contributed by atoms with van der Waals surface area (Å²) in [5, 5.41) is 2.97. The number of hydrogen-bond donors (Lipinski definition) is 2. The van der Waals surface area contributed by atoms with Gasteiger partial charge in [0.25, 0.3) is 5.91 Å². The van der Waals surface area contributed by atoms with Crippen molar-refractivity contribution < 1.29 is 9.53 Å². The lowest BCUT2D eigenvalue weighted by Gasteiger charge is -2.26. The number of nitrogens with one attached hydrogen (secondary N) is 1. The highest BCUT2D eigenvalue weighted by Crippen LogP contribution is 2.27. The molecule has 8 heteroatoms. The van der Waals surface area contributed by atoms with Gasteiger partial charge in [-0.2, -0.15) is 0 Å². The number of anilines is 1. The van der Waals surface area contributed by atoms with Crippen molar-refractivity contribution in [1.29, 1.82) is 0 Å². The smallest absolute Gasteiger partial charge is 0.257 e. The maximum absolute atomic E-state index is 12.9. The van der Waals surface area contributed by atoms with Crippen LogP contribution >= 0.6 is 0 Å². The maximum Gasteiger partial charge on any atom is 0.257 e. The van der Waals surface area contributed by atoms with E-state index in [-0.39, 0.29) is 5.91 Å². The van der Waals surface area contributed by atoms with Gasteiger partial charge in [0, 0.05) is 32.7 Å². The molecule has 3 aromatic rings. The average Bonchev–Trinajstić information content (AvgIpc) is 2.98. The minimum atomic E-state index is -0.233. The van der Waals surface area contributed by atoms with E-state index >= 15 is 0 Å². The van der Waals surface area contributed by atoms with Gasteiger partial charge in [-0.3, -0.25) is 9.69 Å². The van der Waals surface area contributed by atoms with E-state index < -0.39 is 0 Å². The molecule has 1 saturated heterocycles. The molecule has 1 aliphatic rings. The lowest BCUT2D eigenvalue weighted by molar-refractivity contribution is 0.0383. The van der Waals surface area contributed by atoms with Crippen molar-refractivity contribution in [3.63, 3.8) is 0 Å². The Morgan fingerprint density at radius 3 is 2.68 bits per heavy atom. The Bertz CT molecular complexity index is 1020. The number of benzene rings is 1. The summed E-state index contributed by atoms with van der Waals surface area (Å²) < 4.78 is 7.13. The zero-order valence-electron chi connectivity index (χ0n) is 15.7. The zero-order valence-corrected chi connectivity index (χ0v) is 15.7. The van der Waals surface area contributed by atoms with Gasteiger partial charge in [-0.1, -0.05) is 18.2 Å². The zero-order chi connectivity index (χ0) is 19.5. The number of ether oxygens (including phenoxy) is 1. The quantitative estimate of drug-likeness (QED) is 0.628. The third kappa shape index (κ3) is 3.44. The first kappa shape index (κ1) is 18.4. The van der Waals surface area contributed by atoms with Gasteiger partial charge in [0.2, 0.25) is 0 Å². The summed E-state index contributed by atoms with van der Waals surface area (Å²) in [6.45, 7) is 8.78. The summed E-state index contributed by atoms with van der Waals surface area (Å²) in [4.78, 5) is 24.6. The second-order valence-electron chi connectivity index (χ2n) is 6.75. The summed E-state index contributed by atoms with van der Waals surface area (Å²) >= 11 is 0. The molecule has 0 spiro atoms. The van der Waals surface area contributed by atoms with Crippen LogP contribution < -0.4 is 11.1 Å². The van der Waals surface area contributed by atoms with Crippen molar-refractivity contribution in [3.05, 3.63) is 42.5 Å². The molecule has 1 fully saturated rings. The molecular weight excluding hydrogens is 356 g/mol. The molecular formula is C20H24N6O2. The van der Waals surface area contributed by atoms with Crippen molar-refractivity contribution >= 4 is 33.9 Å². The van der Waals surface area contributed by atoms with Crippen LogP contribution in [0.5, 0.6) is 0 Å². The first-order valence-electron chi connectivity index (χ1n) is 9.42. The van der Waals surface area contributed by atoms with E-state index in [1.807, 2.05) is 24.3 Å². The molecule has 3 N–H and O–H groups in total. The van der Waals surface area contributed by atoms with Crippen LogP contribution in [0.2, 0.25) is 0 Å². The van der Waals surface area contributed by atoms with Crippen LogP contribution in [0, 0.1) is 0 Å². The van der Waals surface area contributed by atoms with Gasteiger partial charge in [-0.25, -0.2) is 9.97 Å². The van der Waals surface area contributed by atoms with Gasteiger partial charge in [-0.05, 0) is 12.1 Å². The van der Waals surface area contributed by atoms with Gasteiger partial charge < -0.3 is 20.4 Å². The van der Waals surface area contributed by atoms with Crippen molar-refractivity contribution in [1.82, 2.24) is 24.8 Å². The number of allylic oxidation sites excluding steroid dienone is 1. The summed E-state index contributed by atoms with van der Waals surface area (Å²) in [6, 6.07) is 7.58. The Hall–Kier alpha value is -2.97. The van der Waals surface area contributed by atoms with Gasteiger partial charge in [0.05, 0.1) is 24.2 Å². The number of para-hydroxylation sites is 2. The van der Waals surface area contributed by atoms with Crippen LogP contribution in [0.3, 0.4) is 0 Å². The summed E-state index contributed by atoms with van der Waals surface area (Å²) in [5.41, 5.74) is 9.30. The van der Waals surface area contributed by atoms with Crippen LogP contribution in [0.1, 0.15) is 10.4 Å². The molecule has 0 unspecified atom stereocenters. The Kier molecular flexibility index (Phi) is 5.23. The van der Waals surface area contributed by atoms with Crippen LogP contribution in [-0.2, 0) is 11.3 Å². The second kappa shape index (κ2) is 7.95. The first-order valence-corrected chi connectivity index (χ1v) is 9.42. The SMILES string of the molecule is C=CCn1c(N)c(C(=O)NCCN2CCOCC2)c2nc3ccccc3nc21. The summed E-state index contributed by atoms with van der Waals surface area (Å²) in [5.74, 6) is 0.122. The van der Waals surface area contributed by atoms with E-state index in [0.29, 0.717) is 35.6 Å². The van der Waals surface area contributed by atoms with Crippen molar-refractivity contribution in [2.75, 3.05) is 45.1 Å². The monoisotopic (exact) mass is 380 g/mol. The average molecular weight is 380 g/mol. The second-order valence-corrected chi connectivity index (χ2v) is 6.75. The molecule has 1 aromatic carbocycles. The number of nitrogen functional groups attached to an aromatic ring is 1. The molecule has 4 rings (SSSR count). The number of nitrogens with two attached hydrogens (primary N) is 1. The third-order valence-corrected chi connectivity index (χ3v) is 4.95. The Morgan fingerprint density at radius 1 is 1.25 bits per heavy atom. The number of fused-ring (bicyclic) bond motifs is 2. The molecule has 0 radical (unpaired) electrons. The number of carbonyl (C=O) groups excluding carboxylic acids is 1. The molecule has 8 nitrogen and oxygen atoms in total. The molecule has 1 aliphatic heterocycles. The van der Waals surface area contributed by atoms with Crippen LogP contribution in [0.15, 0.2) is 36.9 Å². The van der Waals surface area contributed by atoms with Gasteiger partial charge >= 0.3 is 0 Å². The Labute approximate surface area is 163 Å². The fraction of sp³-hybridized carbons (Fsp3) is 0.350. The summed E-state index contributed by atoms with van der Waals surface area (Å²) in [7, 11) is 0. The van der Waals surface area contributed by atoms with Gasteiger partial charge in [0.1, 0.15) is 16.9 Å². The van der Waals surface area contributed by atoms with E-state index in [0.717, 1.165) is 43.9 Å². The standard InChI is InChI=1S/C20H24N6O2/c1-2-8-26-18(21)16(20(27)22-7-9-25-10-12-28-13-11-25)17-19(26)24-15-6-4-3-5-14(15)23-17/h2-6H,1,7-13,21H2,(H,22,27).